The highest BCUT2D eigenvalue weighted by Crippen LogP contribution is 2.31. The molecular formula is C21H14Cl2N2O3. The monoisotopic (exact) mass is 412 g/mol. The molecule has 3 aromatic carbocycles. The molecule has 0 unspecified atom stereocenters. The van der Waals surface area contributed by atoms with E-state index in [1.807, 2.05) is 18.2 Å². The third kappa shape index (κ3) is 4.11. The summed E-state index contributed by atoms with van der Waals surface area (Å²) in [6, 6.07) is 19.3. The topological polar surface area (TPSA) is 64.4 Å². The van der Waals surface area contributed by atoms with Gasteiger partial charge in [0, 0.05) is 10.0 Å². The standard InChI is InChI=1S/C21H14Cl2N2O3/c22-13-4-3-5-15(10-13)27-12-20(26)24-17-7-2-1-6-16(17)21-25-18-11-14(23)8-9-19(18)28-21/h1-11H,12H2,(H,24,26). The molecule has 0 saturated carbocycles. The fourth-order valence-corrected chi connectivity index (χ4v) is 3.03. The molecule has 28 heavy (non-hydrogen) atoms. The lowest BCUT2D eigenvalue weighted by Crippen LogP contribution is -2.20. The van der Waals surface area contributed by atoms with Crippen LogP contribution in [0, 0.1) is 0 Å². The maximum Gasteiger partial charge on any atom is 0.262 e. The molecule has 1 N–H and O–H groups in total. The second kappa shape index (κ2) is 7.92. The van der Waals surface area contributed by atoms with Gasteiger partial charge in [0.05, 0.1) is 11.3 Å². The molecule has 1 heterocycles. The Kier molecular flexibility index (Phi) is 5.19. The van der Waals surface area contributed by atoms with E-state index in [0.29, 0.717) is 44.0 Å². The molecule has 0 aliphatic rings. The molecule has 0 radical (unpaired) electrons. The molecule has 4 rings (SSSR count). The number of carbonyl (C=O) groups excluding carboxylic acids is 1. The Morgan fingerprint density at radius 3 is 2.68 bits per heavy atom. The molecule has 0 spiro atoms. The molecule has 0 bridgehead atoms. The van der Waals surface area contributed by atoms with Gasteiger partial charge in [0.2, 0.25) is 5.89 Å². The summed E-state index contributed by atoms with van der Waals surface area (Å²) in [5.74, 6) is 0.599. The van der Waals surface area contributed by atoms with Crippen molar-refractivity contribution in [2.45, 2.75) is 0 Å². The highest BCUT2D eigenvalue weighted by molar-refractivity contribution is 6.31. The first-order chi connectivity index (χ1) is 13.6. The summed E-state index contributed by atoms with van der Waals surface area (Å²) in [5.41, 5.74) is 2.49. The summed E-state index contributed by atoms with van der Waals surface area (Å²) < 4.78 is 11.3. The molecule has 4 aromatic rings. The number of carbonyl (C=O) groups is 1. The maximum absolute atomic E-state index is 12.3. The third-order valence-corrected chi connectivity index (χ3v) is 4.42. The van der Waals surface area contributed by atoms with Crippen LogP contribution in [0.15, 0.2) is 71.1 Å². The number of oxazole rings is 1. The van der Waals surface area contributed by atoms with E-state index in [-0.39, 0.29) is 12.5 Å². The molecule has 0 aliphatic heterocycles. The van der Waals surface area contributed by atoms with Crippen LogP contribution in [0.4, 0.5) is 5.69 Å². The van der Waals surface area contributed by atoms with Crippen molar-refractivity contribution in [2.75, 3.05) is 11.9 Å². The van der Waals surface area contributed by atoms with E-state index in [1.54, 1.807) is 48.5 Å². The van der Waals surface area contributed by atoms with Crippen molar-refractivity contribution < 1.29 is 13.9 Å². The van der Waals surface area contributed by atoms with Gasteiger partial charge in [-0.3, -0.25) is 4.79 Å². The van der Waals surface area contributed by atoms with Crippen molar-refractivity contribution in [3.63, 3.8) is 0 Å². The zero-order valence-electron chi connectivity index (χ0n) is 14.5. The van der Waals surface area contributed by atoms with Gasteiger partial charge in [-0.05, 0) is 48.5 Å². The SMILES string of the molecule is O=C(COc1cccc(Cl)c1)Nc1ccccc1-c1nc2cc(Cl)ccc2o1. The minimum Gasteiger partial charge on any atom is -0.484 e. The predicted octanol–water partition coefficient (Wildman–Crippen LogP) is 5.82. The van der Waals surface area contributed by atoms with Crippen LogP contribution in [-0.4, -0.2) is 17.5 Å². The number of aromatic nitrogens is 1. The summed E-state index contributed by atoms with van der Waals surface area (Å²) in [6.07, 6.45) is 0. The number of fused-ring (bicyclic) bond motifs is 1. The van der Waals surface area contributed by atoms with Crippen LogP contribution in [0.1, 0.15) is 0 Å². The molecule has 7 heteroatoms. The minimum atomic E-state index is -0.313. The van der Waals surface area contributed by atoms with Crippen LogP contribution in [0.25, 0.3) is 22.6 Å². The number of benzene rings is 3. The Morgan fingerprint density at radius 2 is 1.82 bits per heavy atom. The Balaban J connectivity index is 1.53. The molecule has 0 aliphatic carbocycles. The van der Waals surface area contributed by atoms with Gasteiger partial charge in [-0.1, -0.05) is 41.4 Å². The van der Waals surface area contributed by atoms with Crippen molar-refractivity contribution in [3.05, 3.63) is 76.8 Å². The molecule has 0 fully saturated rings. The van der Waals surface area contributed by atoms with Gasteiger partial charge in [-0.15, -0.1) is 0 Å². The average Bonchev–Trinajstić information content (AvgIpc) is 3.10. The van der Waals surface area contributed by atoms with Crippen molar-refractivity contribution in [1.29, 1.82) is 0 Å². The highest BCUT2D eigenvalue weighted by Gasteiger charge is 2.14. The van der Waals surface area contributed by atoms with Crippen molar-refractivity contribution in [2.24, 2.45) is 0 Å². The third-order valence-electron chi connectivity index (χ3n) is 3.95. The van der Waals surface area contributed by atoms with E-state index in [4.69, 9.17) is 32.4 Å². The van der Waals surface area contributed by atoms with Crippen LogP contribution >= 0.6 is 23.2 Å². The van der Waals surface area contributed by atoms with Crippen LogP contribution in [0.2, 0.25) is 10.0 Å². The Hall–Kier alpha value is -3.02. The molecule has 0 saturated heterocycles. The van der Waals surface area contributed by atoms with Crippen LogP contribution < -0.4 is 10.1 Å². The summed E-state index contributed by atoms with van der Waals surface area (Å²) in [7, 11) is 0. The van der Waals surface area contributed by atoms with E-state index in [9.17, 15) is 4.79 Å². The maximum atomic E-state index is 12.3. The Morgan fingerprint density at radius 1 is 1.00 bits per heavy atom. The normalized spacial score (nSPS) is 10.8. The first kappa shape index (κ1) is 18.3. The van der Waals surface area contributed by atoms with Crippen molar-refractivity contribution >= 4 is 45.9 Å². The van der Waals surface area contributed by atoms with Gasteiger partial charge in [0.25, 0.3) is 5.91 Å². The number of hydrogen-bond acceptors (Lipinski definition) is 4. The van der Waals surface area contributed by atoms with Gasteiger partial charge in [0.1, 0.15) is 11.3 Å². The number of ether oxygens (including phenoxy) is 1. The first-order valence-electron chi connectivity index (χ1n) is 8.42. The lowest BCUT2D eigenvalue weighted by atomic mass is 10.1. The van der Waals surface area contributed by atoms with Crippen molar-refractivity contribution in [3.8, 4) is 17.2 Å². The summed E-state index contributed by atoms with van der Waals surface area (Å²) in [4.78, 5) is 16.8. The second-order valence-electron chi connectivity index (χ2n) is 5.97. The van der Waals surface area contributed by atoms with E-state index in [0.717, 1.165) is 0 Å². The highest BCUT2D eigenvalue weighted by atomic mass is 35.5. The summed E-state index contributed by atoms with van der Waals surface area (Å²) in [6.45, 7) is -0.155. The number of nitrogens with one attached hydrogen (secondary N) is 1. The summed E-state index contributed by atoms with van der Waals surface area (Å²) >= 11 is 11.9. The fraction of sp³-hybridized carbons (Fsp3) is 0.0476. The van der Waals surface area contributed by atoms with Crippen molar-refractivity contribution in [1.82, 2.24) is 4.98 Å². The number of halogens is 2. The van der Waals surface area contributed by atoms with Gasteiger partial charge in [-0.25, -0.2) is 4.98 Å². The second-order valence-corrected chi connectivity index (χ2v) is 6.84. The first-order valence-corrected chi connectivity index (χ1v) is 9.18. The lowest BCUT2D eigenvalue weighted by Gasteiger charge is -2.10. The van der Waals surface area contributed by atoms with E-state index < -0.39 is 0 Å². The molecule has 1 aromatic heterocycles. The van der Waals surface area contributed by atoms with Crippen LogP contribution in [-0.2, 0) is 4.79 Å². The van der Waals surface area contributed by atoms with Gasteiger partial charge < -0.3 is 14.5 Å². The van der Waals surface area contributed by atoms with Crippen LogP contribution in [0.5, 0.6) is 5.75 Å². The number of amides is 1. The number of nitrogens with zero attached hydrogens (tertiary/aromatic N) is 1. The molecule has 0 atom stereocenters. The molecular weight excluding hydrogens is 399 g/mol. The molecule has 1 amide bonds. The zero-order chi connectivity index (χ0) is 19.5. The predicted molar refractivity (Wildman–Crippen MR) is 110 cm³/mol. The lowest BCUT2D eigenvalue weighted by molar-refractivity contribution is -0.118. The number of rotatable bonds is 5. The fourth-order valence-electron chi connectivity index (χ4n) is 2.69. The number of hydrogen-bond donors (Lipinski definition) is 1. The molecule has 140 valence electrons. The van der Waals surface area contributed by atoms with E-state index in [2.05, 4.69) is 10.3 Å². The Bertz CT molecular complexity index is 1160. The smallest absolute Gasteiger partial charge is 0.262 e. The summed E-state index contributed by atoms with van der Waals surface area (Å²) in [5, 5.41) is 3.94. The quantitative estimate of drug-likeness (QED) is 0.448. The zero-order valence-corrected chi connectivity index (χ0v) is 16.0. The van der Waals surface area contributed by atoms with Gasteiger partial charge in [0.15, 0.2) is 12.2 Å². The number of anilines is 1. The molecule has 5 nitrogen and oxygen atoms in total. The minimum absolute atomic E-state index is 0.155. The number of para-hydroxylation sites is 1. The van der Waals surface area contributed by atoms with Gasteiger partial charge in [-0.2, -0.15) is 0 Å². The average molecular weight is 413 g/mol. The largest absolute Gasteiger partial charge is 0.484 e. The van der Waals surface area contributed by atoms with E-state index in [1.165, 1.54) is 0 Å². The van der Waals surface area contributed by atoms with Gasteiger partial charge >= 0.3 is 0 Å². The van der Waals surface area contributed by atoms with E-state index >= 15 is 0 Å². The van der Waals surface area contributed by atoms with Crippen LogP contribution in [0.3, 0.4) is 0 Å². The Labute approximate surface area is 170 Å².